The van der Waals surface area contributed by atoms with Crippen LogP contribution in [0.2, 0.25) is 0 Å². The van der Waals surface area contributed by atoms with E-state index >= 15 is 0 Å². The zero-order chi connectivity index (χ0) is 6.81. The minimum atomic E-state index is 1.08. The molecule has 0 atom stereocenters. The molecule has 0 unspecified atom stereocenters. The first-order valence-electron chi connectivity index (χ1n) is 3.83. The second-order valence-corrected chi connectivity index (χ2v) is 2.72. The molecule has 2 aliphatic heterocycles. The Labute approximate surface area is 61.2 Å². The molecule has 2 aliphatic rings. The maximum absolute atomic E-state index is 3.23. The van der Waals surface area contributed by atoms with E-state index in [1.54, 1.807) is 0 Å². The lowest BCUT2D eigenvalue weighted by Crippen LogP contribution is -2.35. The van der Waals surface area contributed by atoms with E-state index in [9.17, 15) is 0 Å². The molecule has 1 N–H and O–H groups in total. The molecule has 0 bridgehead atoms. The van der Waals surface area contributed by atoms with Crippen molar-refractivity contribution in [2.24, 2.45) is 0 Å². The fraction of sp³-hybridized carbons (Fsp3) is 0.500. The van der Waals surface area contributed by atoms with Crippen molar-refractivity contribution in [1.82, 2.24) is 10.2 Å². The smallest absolute Gasteiger partial charge is 0.101 e. The summed E-state index contributed by atoms with van der Waals surface area (Å²) >= 11 is 0. The van der Waals surface area contributed by atoms with Gasteiger partial charge in [0.05, 0.1) is 0 Å². The van der Waals surface area contributed by atoms with Gasteiger partial charge in [0, 0.05) is 19.3 Å². The third kappa shape index (κ3) is 0.897. The maximum Gasteiger partial charge on any atom is 0.101 e. The van der Waals surface area contributed by atoms with Crippen molar-refractivity contribution >= 4 is 0 Å². The van der Waals surface area contributed by atoms with E-state index in [4.69, 9.17) is 0 Å². The first-order chi connectivity index (χ1) is 4.97. The predicted molar refractivity (Wildman–Crippen MR) is 41.2 cm³/mol. The number of fused-ring (bicyclic) bond motifs is 1. The summed E-state index contributed by atoms with van der Waals surface area (Å²) in [6.45, 7) is 2.29. The van der Waals surface area contributed by atoms with Gasteiger partial charge in [0.25, 0.3) is 0 Å². The van der Waals surface area contributed by atoms with Crippen LogP contribution in [-0.2, 0) is 0 Å². The molecule has 54 valence electrons. The maximum atomic E-state index is 3.23. The molecule has 2 rings (SSSR count). The van der Waals surface area contributed by atoms with Crippen LogP contribution in [0.25, 0.3) is 0 Å². The fourth-order valence-electron chi connectivity index (χ4n) is 1.43. The van der Waals surface area contributed by atoms with Crippen LogP contribution < -0.4 is 5.32 Å². The molecule has 0 saturated carbocycles. The number of rotatable bonds is 0. The topological polar surface area (TPSA) is 15.3 Å². The van der Waals surface area contributed by atoms with Gasteiger partial charge in [-0.2, -0.15) is 0 Å². The van der Waals surface area contributed by atoms with Crippen LogP contribution in [0.15, 0.2) is 24.2 Å². The summed E-state index contributed by atoms with van der Waals surface area (Å²) in [5.74, 6) is 1.30. The summed E-state index contributed by atoms with van der Waals surface area (Å²) < 4.78 is 0. The van der Waals surface area contributed by atoms with E-state index < -0.39 is 0 Å². The highest BCUT2D eigenvalue weighted by molar-refractivity contribution is 5.11. The second-order valence-electron chi connectivity index (χ2n) is 2.72. The van der Waals surface area contributed by atoms with Crippen molar-refractivity contribution in [3.63, 3.8) is 0 Å². The van der Waals surface area contributed by atoms with Gasteiger partial charge in [-0.15, -0.1) is 0 Å². The van der Waals surface area contributed by atoms with Gasteiger partial charge in [-0.1, -0.05) is 0 Å². The summed E-state index contributed by atoms with van der Waals surface area (Å²) in [6.07, 6.45) is 8.98. The van der Waals surface area contributed by atoms with Crippen LogP contribution in [0.5, 0.6) is 0 Å². The number of nitrogens with one attached hydrogen (secondary N) is 1. The van der Waals surface area contributed by atoms with Crippen molar-refractivity contribution < 1.29 is 0 Å². The standard InChI is InChI=1S/C8H12N2/c1-2-6-10-7-3-5-9-8(10)4-1/h3-5,9H,1-2,6-7H2. The molecule has 0 aliphatic carbocycles. The van der Waals surface area contributed by atoms with Gasteiger partial charge in [0.15, 0.2) is 0 Å². The molecule has 10 heavy (non-hydrogen) atoms. The van der Waals surface area contributed by atoms with Crippen LogP contribution in [0, 0.1) is 0 Å². The van der Waals surface area contributed by atoms with Gasteiger partial charge in [0.1, 0.15) is 5.82 Å². The van der Waals surface area contributed by atoms with Gasteiger partial charge < -0.3 is 10.2 Å². The summed E-state index contributed by atoms with van der Waals surface area (Å²) in [7, 11) is 0. The highest BCUT2D eigenvalue weighted by atomic mass is 15.2. The quantitative estimate of drug-likeness (QED) is 0.535. The Morgan fingerprint density at radius 1 is 1.50 bits per heavy atom. The molecule has 0 aromatic carbocycles. The van der Waals surface area contributed by atoms with Crippen LogP contribution in [-0.4, -0.2) is 18.0 Å². The molecule has 0 aromatic heterocycles. The zero-order valence-corrected chi connectivity index (χ0v) is 6.01. The normalized spacial score (nSPS) is 23.2. The lowest BCUT2D eigenvalue weighted by atomic mass is 10.2. The van der Waals surface area contributed by atoms with Crippen LogP contribution in [0.4, 0.5) is 0 Å². The zero-order valence-electron chi connectivity index (χ0n) is 6.01. The summed E-state index contributed by atoms with van der Waals surface area (Å²) in [6, 6.07) is 0. The molecule has 0 aromatic rings. The van der Waals surface area contributed by atoms with Gasteiger partial charge in [0.2, 0.25) is 0 Å². The molecule has 0 saturated heterocycles. The Bertz CT molecular complexity index is 182. The fourth-order valence-corrected chi connectivity index (χ4v) is 1.43. The number of allylic oxidation sites excluding steroid dienone is 1. The Morgan fingerprint density at radius 3 is 3.40 bits per heavy atom. The highest BCUT2D eigenvalue weighted by Gasteiger charge is 2.12. The first kappa shape index (κ1) is 5.83. The van der Waals surface area contributed by atoms with Crippen LogP contribution >= 0.6 is 0 Å². The average Bonchev–Trinajstić information content (AvgIpc) is 2.05. The lowest BCUT2D eigenvalue weighted by Gasteiger charge is -2.31. The van der Waals surface area contributed by atoms with Crippen molar-refractivity contribution in [1.29, 1.82) is 0 Å². The van der Waals surface area contributed by atoms with Crippen molar-refractivity contribution in [3.8, 4) is 0 Å². The van der Waals surface area contributed by atoms with E-state index in [1.807, 2.05) is 6.20 Å². The van der Waals surface area contributed by atoms with E-state index in [2.05, 4.69) is 22.4 Å². The van der Waals surface area contributed by atoms with Crippen LogP contribution in [0.1, 0.15) is 12.8 Å². The SMILES string of the molecule is C1=CNC2=CCCCN2C1. The molecule has 2 heteroatoms. The molecule has 2 heterocycles. The Hall–Kier alpha value is -0.920. The Kier molecular flexibility index (Phi) is 1.38. The van der Waals surface area contributed by atoms with E-state index in [0.717, 1.165) is 6.54 Å². The monoisotopic (exact) mass is 136 g/mol. The first-order valence-corrected chi connectivity index (χ1v) is 3.83. The summed E-state index contributed by atoms with van der Waals surface area (Å²) in [4.78, 5) is 2.36. The molecule has 2 nitrogen and oxygen atoms in total. The third-order valence-electron chi connectivity index (χ3n) is 1.99. The van der Waals surface area contributed by atoms with Gasteiger partial charge in [-0.05, 0) is 25.0 Å². The second kappa shape index (κ2) is 2.37. The molecule has 0 amide bonds. The Balaban J connectivity index is 2.17. The van der Waals surface area contributed by atoms with Gasteiger partial charge >= 0.3 is 0 Å². The van der Waals surface area contributed by atoms with Gasteiger partial charge in [-0.3, -0.25) is 0 Å². The van der Waals surface area contributed by atoms with Crippen molar-refractivity contribution in [2.45, 2.75) is 12.8 Å². The average molecular weight is 136 g/mol. The highest BCUT2D eigenvalue weighted by Crippen LogP contribution is 2.13. The van der Waals surface area contributed by atoms with Crippen molar-refractivity contribution in [3.05, 3.63) is 24.2 Å². The summed E-state index contributed by atoms with van der Waals surface area (Å²) in [5, 5.41) is 3.23. The minimum Gasteiger partial charge on any atom is -0.355 e. The number of hydrogen-bond acceptors (Lipinski definition) is 2. The number of nitrogens with zero attached hydrogens (tertiary/aromatic N) is 1. The number of hydrogen-bond donors (Lipinski definition) is 1. The molecular weight excluding hydrogens is 124 g/mol. The van der Waals surface area contributed by atoms with Crippen LogP contribution in [0.3, 0.4) is 0 Å². The third-order valence-corrected chi connectivity index (χ3v) is 1.99. The van der Waals surface area contributed by atoms with Gasteiger partial charge in [-0.25, -0.2) is 0 Å². The molecule has 0 radical (unpaired) electrons. The lowest BCUT2D eigenvalue weighted by molar-refractivity contribution is 0.327. The largest absolute Gasteiger partial charge is 0.355 e. The molecular formula is C8H12N2. The molecule has 0 fully saturated rings. The summed E-state index contributed by atoms with van der Waals surface area (Å²) in [5.41, 5.74) is 0. The van der Waals surface area contributed by atoms with E-state index in [0.29, 0.717) is 0 Å². The van der Waals surface area contributed by atoms with Crippen molar-refractivity contribution in [2.75, 3.05) is 13.1 Å². The molecule has 0 spiro atoms. The minimum absolute atomic E-state index is 1.08. The van der Waals surface area contributed by atoms with E-state index in [1.165, 1.54) is 25.2 Å². The van der Waals surface area contributed by atoms with E-state index in [-0.39, 0.29) is 0 Å². The predicted octanol–water partition coefficient (Wildman–Crippen LogP) is 1.04. The Morgan fingerprint density at radius 2 is 2.50 bits per heavy atom.